The smallest absolute Gasteiger partial charge is 0.295 e. The predicted molar refractivity (Wildman–Crippen MR) is 122 cm³/mol. The standard InChI is InChI=1S/C24H23F2N5O2/c1-2-33-14-13-31-23-21(6-5-20(30-23)17-3-4-18(25)19(26)15-17)29-22(24(31)32)28-12-9-16-7-10-27-11-8-16/h3-8,10-11,15H,2,9,12-14H2,1H3,(H,28,29). The van der Waals surface area contributed by atoms with Crippen LogP contribution in [0.2, 0.25) is 0 Å². The van der Waals surface area contributed by atoms with Gasteiger partial charge in [0, 0.05) is 31.1 Å². The molecule has 7 nitrogen and oxygen atoms in total. The van der Waals surface area contributed by atoms with Crippen LogP contribution >= 0.6 is 0 Å². The monoisotopic (exact) mass is 451 g/mol. The van der Waals surface area contributed by atoms with E-state index in [0.717, 1.165) is 17.7 Å². The van der Waals surface area contributed by atoms with Crippen molar-refractivity contribution >= 4 is 17.0 Å². The molecule has 33 heavy (non-hydrogen) atoms. The van der Waals surface area contributed by atoms with Gasteiger partial charge in [-0.25, -0.2) is 18.7 Å². The minimum atomic E-state index is -0.963. The minimum absolute atomic E-state index is 0.218. The van der Waals surface area contributed by atoms with E-state index in [4.69, 9.17) is 4.74 Å². The molecule has 4 aromatic rings. The molecule has 0 unspecified atom stereocenters. The second kappa shape index (κ2) is 10.3. The van der Waals surface area contributed by atoms with E-state index >= 15 is 0 Å². The fraction of sp³-hybridized carbons (Fsp3) is 0.250. The number of halogens is 2. The van der Waals surface area contributed by atoms with Gasteiger partial charge < -0.3 is 10.1 Å². The number of nitrogens with one attached hydrogen (secondary N) is 1. The van der Waals surface area contributed by atoms with Gasteiger partial charge in [0.2, 0.25) is 0 Å². The summed E-state index contributed by atoms with van der Waals surface area (Å²) in [5.74, 6) is -1.68. The molecule has 0 saturated heterocycles. The van der Waals surface area contributed by atoms with Gasteiger partial charge >= 0.3 is 0 Å². The Morgan fingerprint density at radius 1 is 1.03 bits per heavy atom. The molecule has 0 fully saturated rings. The van der Waals surface area contributed by atoms with Gasteiger partial charge in [-0.2, -0.15) is 0 Å². The number of aromatic nitrogens is 4. The highest BCUT2D eigenvalue weighted by Crippen LogP contribution is 2.22. The van der Waals surface area contributed by atoms with Crippen molar-refractivity contribution in [2.45, 2.75) is 19.9 Å². The van der Waals surface area contributed by atoms with E-state index in [1.165, 1.54) is 10.6 Å². The summed E-state index contributed by atoms with van der Waals surface area (Å²) in [5.41, 5.74) is 2.43. The van der Waals surface area contributed by atoms with Crippen molar-refractivity contribution in [3.05, 3.63) is 82.4 Å². The Balaban J connectivity index is 1.69. The molecule has 170 valence electrons. The molecular formula is C24H23F2N5O2. The number of hydrogen-bond donors (Lipinski definition) is 1. The molecule has 0 aliphatic heterocycles. The lowest BCUT2D eigenvalue weighted by Gasteiger charge is -2.14. The molecule has 0 aliphatic rings. The first-order valence-corrected chi connectivity index (χ1v) is 10.6. The van der Waals surface area contributed by atoms with E-state index in [-0.39, 0.29) is 17.9 Å². The van der Waals surface area contributed by atoms with E-state index in [0.29, 0.717) is 48.6 Å². The summed E-state index contributed by atoms with van der Waals surface area (Å²) in [6.07, 6.45) is 4.15. The molecule has 0 bridgehead atoms. The highest BCUT2D eigenvalue weighted by atomic mass is 19.2. The van der Waals surface area contributed by atoms with Gasteiger partial charge in [0.15, 0.2) is 23.1 Å². The number of ether oxygens (including phenoxy) is 1. The average molecular weight is 451 g/mol. The van der Waals surface area contributed by atoms with E-state index < -0.39 is 11.6 Å². The Labute approximate surface area is 189 Å². The van der Waals surface area contributed by atoms with Crippen LogP contribution in [0.5, 0.6) is 0 Å². The Morgan fingerprint density at radius 2 is 1.85 bits per heavy atom. The quantitative estimate of drug-likeness (QED) is 0.390. The first-order chi connectivity index (χ1) is 16.1. The maximum absolute atomic E-state index is 13.7. The third-order valence-corrected chi connectivity index (χ3v) is 5.12. The van der Waals surface area contributed by atoms with Gasteiger partial charge in [-0.1, -0.05) is 0 Å². The second-order valence-electron chi connectivity index (χ2n) is 7.31. The zero-order valence-electron chi connectivity index (χ0n) is 18.1. The Kier molecular flexibility index (Phi) is 6.99. The summed E-state index contributed by atoms with van der Waals surface area (Å²) in [4.78, 5) is 26.2. The zero-order valence-corrected chi connectivity index (χ0v) is 18.1. The van der Waals surface area contributed by atoms with Gasteiger partial charge in [0.25, 0.3) is 5.56 Å². The molecule has 0 spiro atoms. The third-order valence-electron chi connectivity index (χ3n) is 5.12. The summed E-state index contributed by atoms with van der Waals surface area (Å²) in [6.45, 7) is 3.51. The van der Waals surface area contributed by atoms with Crippen LogP contribution in [0.4, 0.5) is 14.6 Å². The third kappa shape index (κ3) is 5.20. The van der Waals surface area contributed by atoms with E-state index in [1.807, 2.05) is 19.1 Å². The second-order valence-corrected chi connectivity index (χ2v) is 7.31. The van der Waals surface area contributed by atoms with Crippen molar-refractivity contribution in [3.63, 3.8) is 0 Å². The number of nitrogens with zero attached hydrogens (tertiary/aromatic N) is 4. The lowest BCUT2D eigenvalue weighted by Crippen LogP contribution is -2.28. The molecule has 0 saturated carbocycles. The van der Waals surface area contributed by atoms with Crippen LogP contribution in [0.3, 0.4) is 0 Å². The SMILES string of the molecule is CCOCCn1c(=O)c(NCCc2ccncc2)nc2ccc(-c3ccc(F)c(F)c3)nc21. The number of hydrogen-bond acceptors (Lipinski definition) is 6. The molecule has 3 heterocycles. The molecule has 0 atom stereocenters. The largest absolute Gasteiger partial charge is 0.380 e. The van der Waals surface area contributed by atoms with Gasteiger partial charge in [-0.05, 0) is 61.4 Å². The van der Waals surface area contributed by atoms with Crippen molar-refractivity contribution in [1.82, 2.24) is 19.5 Å². The maximum Gasteiger partial charge on any atom is 0.295 e. The maximum atomic E-state index is 13.7. The van der Waals surface area contributed by atoms with E-state index in [1.54, 1.807) is 24.5 Å². The van der Waals surface area contributed by atoms with Gasteiger partial charge in [-0.15, -0.1) is 0 Å². The van der Waals surface area contributed by atoms with Crippen molar-refractivity contribution in [2.24, 2.45) is 0 Å². The summed E-state index contributed by atoms with van der Waals surface area (Å²) >= 11 is 0. The van der Waals surface area contributed by atoms with E-state index in [2.05, 4.69) is 20.3 Å². The van der Waals surface area contributed by atoms with Crippen LogP contribution < -0.4 is 10.9 Å². The average Bonchev–Trinajstić information content (AvgIpc) is 2.83. The number of rotatable bonds is 9. The van der Waals surface area contributed by atoms with Crippen LogP contribution in [0.25, 0.3) is 22.4 Å². The Morgan fingerprint density at radius 3 is 2.61 bits per heavy atom. The topological polar surface area (TPSA) is 81.9 Å². The molecule has 1 N–H and O–H groups in total. The van der Waals surface area contributed by atoms with Crippen molar-refractivity contribution in [3.8, 4) is 11.3 Å². The minimum Gasteiger partial charge on any atom is -0.380 e. The van der Waals surface area contributed by atoms with Gasteiger partial charge in [0.05, 0.1) is 18.8 Å². The van der Waals surface area contributed by atoms with Crippen molar-refractivity contribution in [2.75, 3.05) is 25.1 Å². The fourth-order valence-electron chi connectivity index (χ4n) is 3.43. The molecule has 1 aromatic carbocycles. The first-order valence-electron chi connectivity index (χ1n) is 10.6. The molecular weight excluding hydrogens is 428 g/mol. The highest BCUT2D eigenvalue weighted by molar-refractivity contribution is 5.76. The highest BCUT2D eigenvalue weighted by Gasteiger charge is 2.14. The van der Waals surface area contributed by atoms with E-state index in [9.17, 15) is 13.6 Å². The van der Waals surface area contributed by atoms with Crippen LogP contribution in [-0.4, -0.2) is 39.3 Å². The summed E-state index contributed by atoms with van der Waals surface area (Å²) in [7, 11) is 0. The summed E-state index contributed by atoms with van der Waals surface area (Å²) < 4.78 is 34.0. The van der Waals surface area contributed by atoms with Crippen LogP contribution in [0.1, 0.15) is 12.5 Å². The number of pyridine rings is 2. The lowest BCUT2D eigenvalue weighted by molar-refractivity contribution is 0.139. The lowest BCUT2D eigenvalue weighted by atomic mass is 10.1. The number of fused-ring (bicyclic) bond motifs is 1. The number of anilines is 1. The molecule has 0 amide bonds. The van der Waals surface area contributed by atoms with Crippen LogP contribution in [0, 0.1) is 11.6 Å². The zero-order chi connectivity index (χ0) is 23.2. The van der Waals surface area contributed by atoms with Crippen molar-refractivity contribution < 1.29 is 13.5 Å². The fourth-order valence-corrected chi connectivity index (χ4v) is 3.43. The molecule has 4 rings (SSSR count). The molecule has 0 aliphatic carbocycles. The Bertz CT molecular complexity index is 1310. The number of benzene rings is 1. The predicted octanol–water partition coefficient (Wildman–Crippen LogP) is 3.82. The molecule has 0 radical (unpaired) electrons. The van der Waals surface area contributed by atoms with Gasteiger partial charge in [0.1, 0.15) is 5.52 Å². The van der Waals surface area contributed by atoms with Crippen molar-refractivity contribution in [1.29, 1.82) is 0 Å². The van der Waals surface area contributed by atoms with Crippen LogP contribution in [0.15, 0.2) is 59.7 Å². The molecule has 3 aromatic heterocycles. The summed E-state index contributed by atoms with van der Waals surface area (Å²) in [6, 6.07) is 10.8. The van der Waals surface area contributed by atoms with Gasteiger partial charge in [-0.3, -0.25) is 14.3 Å². The van der Waals surface area contributed by atoms with Crippen LogP contribution in [-0.2, 0) is 17.7 Å². The normalized spacial score (nSPS) is 11.1. The summed E-state index contributed by atoms with van der Waals surface area (Å²) in [5, 5.41) is 3.12. The Hall–Kier alpha value is -3.72. The molecule has 9 heteroatoms. The first kappa shape index (κ1) is 22.5.